The molecule has 17 heavy (non-hydrogen) atoms. The predicted octanol–water partition coefficient (Wildman–Crippen LogP) is 2.42. The van der Waals surface area contributed by atoms with E-state index in [1.165, 1.54) is 0 Å². The molecule has 0 spiro atoms. The first kappa shape index (κ1) is 12.1. The average molecular weight is 249 g/mol. The fourth-order valence-corrected chi connectivity index (χ4v) is 2.57. The van der Waals surface area contributed by atoms with Gasteiger partial charge in [0.2, 0.25) is 0 Å². The average Bonchev–Trinajstić information content (AvgIpc) is 2.87. The zero-order valence-electron chi connectivity index (χ0n) is 9.59. The maximum Gasteiger partial charge on any atom is 0.118 e. The van der Waals surface area contributed by atoms with Crippen molar-refractivity contribution in [1.82, 2.24) is 0 Å². The number of thiophene rings is 1. The van der Waals surface area contributed by atoms with Gasteiger partial charge in [0.05, 0.1) is 7.11 Å². The van der Waals surface area contributed by atoms with Crippen LogP contribution < -0.4 is 10.5 Å². The number of methoxy groups -OCH3 is 1. The van der Waals surface area contributed by atoms with Gasteiger partial charge in [0.1, 0.15) is 11.9 Å². The summed E-state index contributed by atoms with van der Waals surface area (Å²) in [6.07, 6.45) is -0.563. The minimum Gasteiger partial charge on any atom is -0.497 e. The molecule has 0 saturated heterocycles. The molecule has 0 radical (unpaired) electrons. The van der Waals surface area contributed by atoms with E-state index >= 15 is 0 Å². The molecule has 0 aliphatic rings. The first-order valence-corrected chi connectivity index (χ1v) is 6.18. The van der Waals surface area contributed by atoms with E-state index in [-0.39, 0.29) is 6.54 Å². The van der Waals surface area contributed by atoms with Gasteiger partial charge in [-0.1, -0.05) is 0 Å². The number of hydrogen-bond donors (Lipinski definition) is 2. The Kier molecular flexibility index (Phi) is 3.78. The van der Waals surface area contributed by atoms with Gasteiger partial charge in [0.25, 0.3) is 0 Å². The summed E-state index contributed by atoms with van der Waals surface area (Å²) in [6.45, 7) is 0.253. The third-order valence-electron chi connectivity index (χ3n) is 2.55. The Labute approximate surface area is 104 Å². The summed E-state index contributed by atoms with van der Waals surface area (Å²) in [5.74, 6) is 0.840. The van der Waals surface area contributed by atoms with E-state index in [1.54, 1.807) is 18.4 Å². The molecule has 0 fully saturated rings. The topological polar surface area (TPSA) is 55.5 Å². The lowest BCUT2D eigenvalue weighted by Gasteiger charge is -2.03. The van der Waals surface area contributed by atoms with Crippen LogP contribution in [-0.4, -0.2) is 18.8 Å². The molecule has 0 aliphatic carbocycles. The Morgan fingerprint density at radius 3 is 2.53 bits per heavy atom. The largest absolute Gasteiger partial charge is 0.497 e. The molecule has 90 valence electrons. The van der Waals surface area contributed by atoms with Gasteiger partial charge >= 0.3 is 0 Å². The van der Waals surface area contributed by atoms with E-state index in [1.807, 2.05) is 36.4 Å². The normalized spacial score (nSPS) is 12.4. The van der Waals surface area contributed by atoms with Crippen LogP contribution >= 0.6 is 11.3 Å². The van der Waals surface area contributed by atoms with Crippen LogP contribution in [0.2, 0.25) is 0 Å². The highest BCUT2D eigenvalue weighted by Crippen LogP contribution is 2.31. The van der Waals surface area contributed by atoms with Crippen molar-refractivity contribution in [2.45, 2.75) is 6.10 Å². The molecule has 1 aromatic heterocycles. The third-order valence-corrected chi connectivity index (χ3v) is 3.79. The molecule has 3 nitrogen and oxygen atoms in total. The molecule has 2 aromatic rings. The Bertz CT molecular complexity index is 478. The van der Waals surface area contributed by atoms with Gasteiger partial charge in [0.15, 0.2) is 0 Å². The minimum atomic E-state index is -0.563. The molecule has 3 N–H and O–H groups in total. The van der Waals surface area contributed by atoms with Crippen molar-refractivity contribution in [3.8, 4) is 16.2 Å². The van der Waals surface area contributed by atoms with Crippen LogP contribution in [0, 0.1) is 0 Å². The summed E-state index contributed by atoms with van der Waals surface area (Å²) in [4.78, 5) is 2.02. The van der Waals surface area contributed by atoms with Crippen LogP contribution in [-0.2, 0) is 0 Å². The molecular weight excluding hydrogens is 234 g/mol. The van der Waals surface area contributed by atoms with Crippen molar-refractivity contribution in [2.24, 2.45) is 5.73 Å². The van der Waals surface area contributed by atoms with Gasteiger partial charge in [-0.2, -0.15) is 0 Å². The van der Waals surface area contributed by atoms with Crippen LogP contribution in [0.3, 0.4) is 0 Å². The molecule has 4 heteroatoms. The van der Waals surface area contributed by atoms with E-state index in [4.69, 9.17) is 10.5 Å². The molecule has 0 amide bonds. The van der Waals surface area contributed by atoms with Crippen LogP contribution in [0.5, 0.6) is 5.75 Å². The van der Waals surface area contributed by atoms with Crippen molar-refractivity contribution in [1.29, 1.82) is 0 Å². The van der Waals surface area contributed by atoms with E-state index in [0.29, 0.717) is 0 Å². The highest BCUT2D eigenvalue weighted by molar-refractivity contribution is 7.15. The summed E-state index contributed by atoms with van der Waals surface area (Å²) in [5.41, 5.74) is 6.55. The fourth-order valence-electron chi connectivity index (χ4n) is 1.56. The quantitative estimate of drug-likeness (QED) is 0.875. The Balaban J connectivity index is 2.24. The first-order chi connectivity index (χ1) is 8.24. The van der Waals surface area contributed by atoms with Gasteiger partial charge < -0.3 is 15.6 Å². The monoisotopic (exact) mass is 249 g/mol. The number of aliphatic hydroxyl groups is 1. The number of ether oxygens (including phenoxy) is 1. The summed E-state index contributed by atoms with van der Waals surface area (Å²) < 4.78 is 5.11. The fraction of sp³-hybridized carbons (Fsp3) is 0.231. The van der Waals surface area contributed by atoms with E-state index in [9.17, 15) is 5.11 Å². The SMILES string of the molecule is COc1ccc(-c2ccc(C(O)CN)s2)cc1. The van der Waals surface area contributed by atoms with E-state index in [2.05, 4.69) is 0 Å². The standard InChI is InChI=1S/C13H15NO2S/c1-16-10-4-2-9(3-5-10)12-6-7-13(17-12)11(15)8-14/h2-7,11,15H,8,14H2,1H3. The highest BCUT2D eigenvalue weighted by atomic mass is 32.1. The summed E-state index contributed by atoms with van der Waals surface area (Å²) >= 11 is 1.56. The van der Waals surface area contributed by atoms with Crippen molar-refractivity contribution in [3.05, 3.63) is 41.3 Å². The summed E-state index contributed by atoms with van der Waals surface area (Å²) in [7, 11) is 1.65. The molecule has 1 unspecified atom stereocenters. The maximum atomic E-state index is 9.64. The second-order valence-corrected chi connectivity index (χ2v) is 4.80. The Morgan fingerprint density at radius 2 is 1.94 bits per heavy atom. The molecular formula is C13H15NO2S. The molecule has 0 bridgehead atoms. The maximum absolute atomic E-state index is 9.64. The molecule has 2 rings (SSSR count). The second kappa shape index (κ2) is 5.31. The van der Waals surface area contributed by atoms with Gasteiger partial charge in [0, 0.05) is 16.3 Å². The molecule has 0 aliphatic heterocycles. The number of rotatable bonds is 4. The Hall–Kier alpha value is -1.36. The molecule has 1 atom stereocenters. The van der Waals surface area contributed by atoms with Crippen LogP contribution in [0.4, 0.5) is 0 Å². The zero-order chi connectivity index (χ0) is 12.3. The Morgan fingerprint density at radius 1 is 1.24 bits per heavy atom. The number of aliphatic hydroxyl groups excluding tert-OH is 1. The van der Waals surface area contributed by atoms with Crippen molar-refractivity contribution >= 4 is 11.3 Å². The summed E-state index contributed by atoms with van der Waals surface area (Å²) in [6, 6.07) is 11.8. The minimum absolute atomic E-state index is 0.253. The third kappa shape index (κ3) is 2.66. The van der Waals surface area contributed by atoms with Gasteiger partial charge in [-0.3, -0.25) is 0 Å². The predicted molar refractivity (Wildman–Crippen MR) is 70.3 cm³/mol. The zero-order valence-corrected chi connectivity index (χ0v) is 10.4. The smallest absolute Gasteiger partial charge is 0.118 e. The van der Waals surface area contributed by atoms with Crippen LogP contribution in [0.1, 0.15) is 11.0 Å². The van der Waals surface area contributed by atoms with Crippen molar-refractivity contribution in [3.63, 3.8) is 0 Å². The number of hydrogen-bond acceptors (Lipinski definition) is 4. The van der Waals surface area contributed by atoms with Crippen LogP contribution in [0.15, 0.2) is 36.4 Å². The second-order valence-electron chi connectivity index (χ2n) is 3.68. The first-order valence-electron chi connectivity index (χ1n) is 5.37. The highest BCUT2D eigenvalue weighted by Gasteiger charge is 2.09. The van der Waals surface area contributed by atoms with Crippen molar-refractivity contribution < 1.29 is 9.84 Å². The molecule has 1 aromatic carbocycles. The van der Waals surface area contributed by atoms with Crippen LogP contribution in [0.25, 0.3) is 10.4 Å². The lowest BCUT2D eigenvalue weighted by molar-refractivity contribution is 0.190. The lowest BCUT2D eigenvalue weighted by Crippen LogP contribution is -2.09. The number of benzene rings is 1. The lowest BCUT2D eigenvalue weighted by atomic mass is 10.2. The van der Waals surface area contributed by atoms with E-state index in [0.717, 1.165) is 21.1 Å². The number of nitrogens with two attached hydrogens (primary N) is 1. The molecule has 0 saturated carbocycles. The molecule has 1 heterocycles. The van der Waals surface area contributed by atoms with E-state index < -0.39 is 6.10 Å². The van der Waals surface area contributed by atoms with Gasteiger partial charge in [-0.15, -0.1) is 11.3 Å². The van der Waals surface area contributed by atoms with Gasteiger partial charge in [-0.25, -0.2) is 0 Å². The summed E-state index contributed by atoms with van der Waals surface area (Å²) in [5, 5.41) is 9.64. The van der Waals surface area contributed by atoms with Gasteiger partial charge in [-0.05, 0) is 42.0 Å². The van der Waals surface area contributed by atoms with Crippen molar-refractivity contribution in [2.75, 3.05) is 13.7 Å².